The number of carbonyl (C=O) groups excluding carboxylic acids is 1. The summed E-state index contributed by atoms with van der Waals surface area (Å²) in [6.45, 7) is 3.06. The first-order chi connectivity index (χ1) is 15.5. The molecule has 33 heavy (non-hydrogen) atoms. The van der Waals surface area contributed by atoms with Crippen molar-refractivity contribution in [1.29, 1.82) is 0 Å². The Labute approximate surface area is 184 Å². The van der Waals surface area contributed by atoms with Crippen molar-refractivity contribution in [3.05, 3.63) is 93.3 Å². The molecule has 0 aliphatic carbocycles. The number of halogens is 4. The Bertz CT molecular complexity index is 1400. The summed E-state index contributed by atoms with van der Waals surface area (Å²) in [6, 6.07) is 10.2. The highest BCUT2D eigenvalue weighted by Crippen LogP contribution is 2.34. The minimum absolute atomic E-state index is 0.0495. The molecular weight excluding hydrogens is 440 g/mol. The van der Waals surface area contributed by atoms with E-state index in [1.807, 2.05) is 0 Å². The molecule has 170 valence electrons. The average molecular weight is 458 g/mol. The number of nitrogens with zero attached hydrogens (tertiary/aromatic N) is 2. The standard InChI is InChI=1S/C23H18F4N4O2/c1-12-3-4-15(9-17(12)23(25,26)27)19-11-31-20(22(33)29-19)10-18(30-31)21(32)28-13(2)14-5-7-16(24)8-6-14/h3-11,13H,1-2H3,(H,28,32)(H,29,33). The summed E-state index contributed by atoms with van der Waals surface area (Å²) in [5.41, 5.74) is -0.411. The molecule has 2 N–H and O–H groups in total. The van der Waals surface area contributed by atoms with Crippen molar-refractivity contribution in [2.75, 3.05) is 0 Å². The Morgan fingerprint density at radius 3 is 2.48 bits per heavy atom. The van der Waals surface area contributed by atoms with Crippen LogP contribution in [0.1, 0.15) is 40.1 Å². The number of alkyl halides is 3. The van der Waals surface area contributed by atoms with Gasteiger partial charge in [-0.3, -0.25) is 9.59 Å². The lowest BCUT2D eigenvalue weighted by Crippen LogP contribution is -2.27. The fourth-order valence-electron chi connectivity index (χ4n) is 3.46. The lowest BCUT2D eigenvalue weighted by atomic mass is 10.0. The summed E-state index contributed by atoms with van der Waals surface area (Å²) < 4.78 is 54.0. The van der Waals surface area contributed by atoms with Crippen LogP contribution in [-0.4, -0.2) is 20.5 Å². The van der Waals surface area contributed by atoms with Crippen molar-refractivity contribution in [3.63, 3.8) is 0 Å². The molecule has 4 aromatic rings. The minimum atomic E-state index is -4.54. The van der Waals surface area contributed by atoms with Crippen molar-refractivity contribution in [2.45, 2.75) is 26.1 Å². The Balaban J connectivity index is 1.65. The van der Waals surface area contributed by atoms with Gasteiger partial charge in [-0.05, 0) is 43.2 Å². The average Bonchev–Trinajstić information content (AvgIpc) is 3.19. The van der Waals surface area contributed by atoms with Crippen molar-refractivity contribution in [2.24, 2.45) is 0 Å². The molecule has 1 amide bonds. The zero-order valence-corrected chi connectivity index (χ0v) is 17.5. The monoisotopic (exact) mass is 458 g/mol. The van der Waals surface area contributed by atoms with E-state index in [-0.39, 0.29) is 28.0 Å². The number of nitrogens with one attached hydrogen (secondary N) is 2. The fourth-order valence-corrected chi connectivity index (χ4v) is 3.46. The third-order valence-corrected chi connectivity index (χ3v) is 5.27. The maximum Gasteiger partial charge on any atom is 0.416 e. The van der Waals surface area contributed by atoms with Crippen LogP contribution in [0.5, 0.6) is 0 Å². The quantitative estimate of drug-likeness (QED) is 0.437. The number of rotatable bonds is 4. The van der Waals surface area contributed by atoms with Gasteiger partial charge >= 0.3 is 6.18 Å². The highest BCUT2D eigenvalue weighted by Gasteiger charge is 2.32. The molecule has 2 aromatic carbocycles. The first-order valence-electron chi connectivity index (χ1n) is 9.90. The summed E-state index contributed by atoms with van der Waals surface area (Å²) in [5, 5.41) is 6.83. The molecule has 0 spiro atoms. The van der Waals surface area contributed by atoms with Crippen LogP contribution in [0, 0.1) is 12.7 Å². The van der Waals surface area contributed by atoms with E-state index in [2.05, 4.69) is 15.4 Å². The number of carbonyl (C=O) groups is 1. The number of aromatic amines is 1. The van der Waals surface area contributed by atoms with E-state index in [0.717, 1.165) is 10.6 Å². The van der Waals surface area contributed by atoms with Crippen LogP contribution in [0.15, 0.2) is 59.5 Å². The number of fused-ring (bicyclic) bond motifs is 1. The Morgan fingerprint density at radius 2 is 1.82 bits per heavy atom. The first-order valence-corrected chi connectivity index (χ1v) is 9.90. The molecule has 1 unspecified atom stereocenters. The molecule has 0 aliphatic heterocycles. The minimum Gasteiger partial charge on any atom is -0.344 e. The zero-order chi connectivity index (χ0) is 23.9. The highest BCUT2D eigenvalue weighted by atomic mass is 19.4. The molecule has 4 rings (SSSR count). The molecule has 2 aromatic heterocycles. The number of aryl methyl sites for hydroxylation is 1. The second-order valence-electron chi connectivity index (χ2n) is 7.63. The summed E-state index contributed by atoms with van der Waals surface area (Å²) >= 11 is 0. The lowest BCUT2D eigenvalue weighted by Gasteiger charge is -2.13. The molecular formula is C23H18F4N4O2. The molecule has 0 saturated carbocycles. The topological polar surface area (TPSA) is 79.3 Å². The van der Waals surface area contributed by atoms with E-state index in [1.54, 1.807) is 6.92 Å². The Morgan fingerprint density at radius 1 is 1.12 bits per heavy atom. The molecule has 0 saturated heterocycles. The zero-order valence-electron chi connectivity index (χ0n) is 17.5. The summed E-state index contributed by atoms with van der Waals surface area (Å²) in [7, 11) is 0. The van der Waals surface area contributed by atoms with Crippen molar-refractivity contribution < 1.29 is 22.4 Å². The largest absolute Gasteiger partial charge is 0.416 e. The van der Waals surface area contributed by atoms with Crippen LogP contribution in [-0.2, 0) is 6.18 Å². The lowest BCUT2D eigenvalue weighted by molar-refractivity contribution is -0.138. The number of benzene rings is 2. The predicted octanol–water partition coefficient (Wildman–Crippen LogP) is 4.65. The van der Waals surface area contributed by atoms with Crippen molar-refractivity contribution in [1.82, 2.24) is 19.9 Å². The van der Waals surface area contributed by atoms with E-state index in [0.29, 0.717) is 5.56 Å². The van der Waals surface area contributed by atoms with Gasteiger partial charge in [-0.15, -0.1) is 0 Å². The maximum absolute atomic E-state index is 13.3. The number of H-pyrrole nitrogens is 1. The van der Waals surface area contributed by atoms with Crippen LogP contribution in [0.25, 0.3) is 16.8 Å². The highest BCUT2D eigenvalue weighted by molar-refractivity contribution is 5.93. The molecule has 0 bridgehead atoms. The predicted molar refractivity (Wildman–Crippen MR) is 113 cm³/mol. The van der Waals surface area contributed by atoms with Gasteiger partial charge in [0.25, 0.3) is 11.5 Å². The Kier molecular flexibility index (Phi) is 5.52. The molecule has 1 atom stereocenters. The molecule has 6 nitrogen and oxygen atoms in total. The van der Waals surface area contributed by atoms with Crippen molar-refractivity contribution >= 4 is 11.4 Å². The summed E-state index contributed by atoms with van der Waals surface area (Å²) in [5.74, 6) is -0.963. The third-order valence-electron chi connectivity index (χ3n) is 5.27. The second-order valence-corrected chi connectivity index (χ2v) is 7.63. The van der Waals surface area contributed by atoms with Gasteiger partial charge in [0.15, 0.2) is 5.69 Å². The van der Waals surface area contributed by atoms with Crippen LogP contribution in [0.3, 0.4) is 0 Å². The fraction of sp³-hybridized carbons (Fsp3) is 0.174. The van der Waals surface area contributed by atoms with E-state index in [1.165, 1.54) is 55.6 Å². The molecule has 0 fully saturated rings. The SMILES string of the molecule is Cc1ccc(-c2cn3nc(C(=O)NC(C)c4ccc(F)cc4)cc3c(=O)[nH]2)cc1C(F)(F)F. The van der Waals surface area contributed by atoms with Crippen LogP contribution < -0.4 is 10.9 Å². The van der Waals surface area contributed by atoms with Gasteiger partial charge < -0.3 is 10.3 Å². The van der Waals surface area contributed by atoms with Crippen molar-refractivity contribution in [3.8, 4) is 11.3 Å². The van der Waals surface area contributed by atoms with E-state index in [9.17, 15) is 27.2 Å². The second kappa shape index (κ2) is 8.19. The number of hydrogen-bond donors (Lipinski definition) is 2. The van der Waals surface area contributed by atoms with Crippen LogP contribution in [0.4, 0.5) is 17.6 Å². The normalized spacial score (nSPS) is 12.7. The number of aromatic nitrogens is 3. The van der Waals surface area contributed by atoms with Gasteiger partial charge in [0, 0.05) is 11.6 Å². The smallest absolute Gasteiger partial charge is 0.344 e. The number of hydrogen-bond acceptors (Lipinski definition) is 3. The van der Waals surface area contributed by atoms with E-state index >= 15 is 0 Å². The molecule has 0 radical (unpaired) electrons. The molecule has 2 heterocycles. The van der Waals surface area contributed by atoms with Gasteiger partial charge in [-0.2, -0.15) is 18.3 Å². The Hall–Kier alpha value is -3.95. The van der Waals surface area contributed by atoms with E-state index in [4.69, 9.17) is 0 Å². The van der Waals surface area contributed by atoms with Gasteiger partial charge in [0.2, 0.25) is 0 Å². The van der Waals surface area contributed by atoms with Gasteiger partial charge in [-0.25, -0.2) is 8.91 Å². The van der Waals surface area contributed by atoms with Crippen LogP contribution in [0.2, 0.25) is 0 Å². The van der Waals surface area contributed by atoms with Gasteiger partial charge in [-0.1, -0.05) is 24.3 Å². The third kappa shape index (κ3) is 4.50. The van der Waals surface area contributed by atoms with Crippen LogP contribution >= 0.6 is 0 Å². The molecule has 10 heteroatoms. The van der Waals surface area contributed by atoms with Gasteiger partial charge in [0.05, 0.1) is 23.5 Å². The molecule has 0 aliphatic rings. The number of amides is 1. The van der Waals surface area contributed by atoms with E-state index < -0.39 is 35.1 Å². The first kappa shape index (κ1) is 22.3. The maximum atomic E-state index is 13.3. The summed E-state index contributed by atoms with van der Waals surface area (Å²) in [6.07, 6.45) is -3.19. The van der Waals surface area contributed by atoms with Gasteiger partial charge in [0.1, 0.15) is 11.3 Å². The summed E-state index contributed by atoms with van der Waals surface area (Å²) in [4.78, 5) is 27.7.